The quantitative estimate of drug-likeness (QED) is 0.610. The average Bonchev–Trinajstić information content (AvgIpc) is 2.06. The third kappa shape index (κ3) is 2.36. The molecule has 0 aliphatic carbocycles. The molecule has 1 aromatic rings. The number of benzene rings is 1. The Morgan fingerprint density at radius 1 is 1.29 bits per heavy atom. The number of hydrogen-bond donors (Lipinski definition) is 1. The standard InChI is InChI=1S/C8H5ClF4O/c9-8(12,13)7(14)5-3-4(10)1-2-6(5)11/h1-3,7,14H. The van der Waals surface area contributed by atoms with Crippen LogP contribution in [0.25, 0.3) is 0 Å². The van der Waals surface area contributed by atoms with Gasteiger partial charge in [-0.15, -0.1) is 0 Å². The summed E-state index contributed by atoms with van der Waals surface area (Å²) in [4.78, 5) is 0. The van der Waals surface area contributed by atoms with Crippen LogP contribution in [0.2, 0.25) is 0 Å². The third-order valence-corrected chi connectivity index (χ3v) is 1.77. The molecule has 0 aliphatic heterocycles. The lowest BCUT2D eigenvalue weighted by Gasteiger charge is -2.16. The fourth-order valence-electron chi connectivity index (χ4n) is 0.900. The van der Waals surface area contributed by atoms with E-state index in [-0.39, 0.29) is 0 Å². The van der Waals surface area contributed by atoms with E-state index in [0.29, 0.717) is 12.1 Å². The van der Waals surface area contributed by atoms with E-state index >= 15 is 0 Å². The van der Waals surface area contributed by atoms with Crippen molar-refractivity contribution in [2.75, 3.05) is 0 Å². The first-order valence-electron chi connectivity index (χ1n) is 3.52. The Morgan fingerprint density at radius 3 is 2.36 bits per heavy atom. The Balaban J connectivity index is 3.12. The van der Waals surface area contributed by atoms with Gasteiger partial charge in [0.15, 0.2) is 6.10 Å². The van der Waals surface area contributed by atoms with Gasteiger partial charge in [-0.05, 0) is 29.8 Å². The van der Waals surface area contributed by atoms with Crippen LogP contribution in [0.15, 0.2) is 18.2 Å². The van der Waals surface area contributed by atoms with Crippen molar-refractivity contribution in [1.82, 2.24) is 0 Å². The molecule has 1 N–H and O–H groups in total. The summed E-state index contributed by atoms with van der Waals surface area (Å²) in [6.45, 7) is 0. The maximum atomic E-state index is 12.8. The van der Waals surface area contributed by atoms with Crippen LogP contribution >= 0.6 is 11.6 Å². The van der Waals surface area contributed by atoms with E-state index in [0.717, 1.165) is 6.07 Å². The lowest BCUT2D eigenvalue weighted by atomic mass is 10.1. The molecule has 14 heavy (non-hydrogen) atoms. The van der Waals surface area contributed by atoms with Gasteiger partial charge in [0.05, 0.1) is 0 Å². The molecule has 0 saturated carbocycles. The minimum absolute atomic E-state index is 0.469. The molecule has 0 spiro atoms. The van der Waals surface area contributed by atoms with Crippen molar-refractivity contribution in [1.29, 1.82) is 0 Å². The molecule has 0 fully saturated rings. The van der Waals surface area contributed by atoms with Crippen molar-refractivity contribution < 1.29 is 22.7 Å². The van der Waals surface area contributed by atoms with Crippen LogP contribution in [0.4, 0.5) is 17.6 Å². The highest BCUT2D eigenvalue weighted by atomic mass is 35.5. The zero-order chi connectivity index (χ0) is 10.9. The monoisotopic (exact) mass is 228 g/mol. The number of aliphatic hydroxyl groups is 1. The van der Waals surface area contributed by atoms with E-state index in [1.54, 1.807) is 0 Å². The van der Waals surface area contributed by atoms with E-state index in [2.05, 4.69) is 11.6 Å². The minimum atomic E-state index is -4.03. The van der Waals surface area contributed by atoms with Crippen molar-refractivity contribution in [3.8, 4) is 0 Å². The maximum absolute atomic E-state index is 12.8. The molecule has 6 heteroatoms. The van der Waals surface area contributed by atoms with Crippen molar-refractivity contribution >= 4 is 11.6 Å². The normalized spacial score (nSPS) is 14.1. The van der Waals surface area contributed by atoms with Gasteiger partial charge in [0.2, 0.25) is 0 Å². The molecule has 1 unspecified atom stereocenters. The molecule has 0 saturated heterocycles. The molecule has 1 nitrogen and oxygen atoms in total. The molecule has 0 heterocycles. The molecule has 0 radical (unpaired) electrons. The number of alkyl halides is 3. The van der Waals surface area contributed by atoms with Gasteiger partial charge in [0.1, 0.15) is 11.6 Å². The van der Waals surface area contributed by atoms with E-state index in [1.165, 1.54) is 0 Å². The van der Waals surface area contributed by atoms with Gasteiger partial charge in [-0.25, -0.2) is 8.78 Å². The Hall–Kier alpha value is -0.810. The molecule has 0 bridgehead atoms. The van der Waals surface area contributed by atoms with Gasteiger partial charge in [-0.2, -0.15) is 8.78 Å². The largest absolute Gasteiger partial charge is 0.381 e. The Bertz CT molecular complexity index is 337. The summed E-state index contributed by atoms with van der Waals surface area (Å²) in [5.74, 6) is -2.07. The molecule has 78 valence electrons. The number of halogens is 5. The summed E-state index contributed by atoms with van der Waals surface area (Å²) >= 11 is 4.47. The van der Waals surface area contributed by atoms with Gasteiger partial charge in [-0.1, -0.05) is 0 Å². The second-order valence-electron chi connectivity index (χ2n) is 2.61. The van der Waals surface area contributed by atoms with Crippen LogP contribution in [0, 0.1) is 11.6 Å². The van der Waals surface area contributed by atoms with E-state index in [9.17, 15) is 17.6 Å². The molecule has 1 rings (SSSR count). The highest BCUT2D eigenvalue weighted by molar-refractivity contribution is 6.22. The number of aliphatic hydroxyl groups excluding tert-OH is 1. The Morgan fingerprint density at radius 2 is 1.86 bits per heavy atom. The smallest absolute Gasteiger partial charge is 0.351 e. The van der Waals surface area contributed by atoms with Crippen LogP contribution < -0.4 is 0 Å². The van der Waals surface area contributed by atoms with E-state index < -0.39 is 28.7 Å². The zero-order valence-corrected chi connectivity index (χ0v) is 7.40. The summed E-state index contributed by atoms with van der Waals surface area (Å²) in [5, 5.41) is 4.84. The SMILES string of the molecule is OC(c1cc(F)ccc1F)C(F)(F)Cl. The molecule has 0 aliphatic rings. The van der Waals surface area contributed by atoms with Gasteiger partial charge in [0, 0.05) is 5.56 Å². The summed E-state index contributed by atoms with van der Waals surface area (Å²) < 4.78 is 50.0. The van der Waals surface area contributed by atoms with Gasteiger partial charge >= 0.3 is 5.38 Å². The van der Waals surface area contributed by atoms with Crippen LogP contribution in [-0.2, 0) is 0 Å². The third-order valence-electron chi connectivity index (χ3n) is 1.56. The Labute approximate surface area is 81.9 Å². The first-order chi connectivity index (χ1) is 6.32. The molecule has 0 aromatic heterocycles. The maximum Gasteiger partial charge on any atom is 0.351 e. The van der Waals surface area contributed by atoms with Gasteiger partial charge in [0.25, 0.3) is 0 Å². The topological polar surface area (TPSA) is 20.2 Å². The van der Waals surface area contributed by atoms with Crippen LogP contribution in [0.5, 0.6) is 0 Å². The Kier molecular flexibility index (Phi) is 3.01. The van der Waals surface area contributed by atoms with E-state index in [1.807, 2.05) is 0 Å². The molecular weight excluding hydrogens is 224 g/mol. The van der Waals surface area contributed by atoms with Crippen LogP contribution in [0.3, 0.4) is 0 Å². The highest BCUT2D eigenvalue weighted by Crippen LogP contribution is 2.35. The molecule has 1 atom stereocenters. The van der Waals surface area contributed by atoms with Gasteiger partial charge in [-0.3, -0.25) is 0 Å². The summed E-state index contributed by atoms with van der Waals surface area (Å²) in [6.07, 6.45) is -2.57. The lowest BCUT2D eigenvalue weighted by Crippen LogP contribution is -2.20. The molecule has 1 aromatic carbocycles. The molecular formula is C8H5ClF4O. The van der Waals surface area contributed by atoms with Crippen molar-refractivity contribution in [2.24, 2.45) is 0 Å². The predicted octanol–water partition coefficient (Wildman–Crippen LogP) is 2.83. The van der Waals surface area contributed by atoms with Crippen molar-refractivity contribution in [3.63, 3.8) is 0 Å². The van der Waals surface area contributed by atoms with E-state index in [4.69, 9.17) is 5.11 Å². The number of rotatable bonds is 2. The zero-order valence-electron chi connectivity index (χ0n) is 6.65. The van der Waals surface area contributed by atoms with Gasteiger partial charge < -0.3 is 5.11 Å². The minimum Gasteiger partial charge on any atom is -0.381 e. The average molecular weight is 229 g/mol. The predicted molar refractivity (Wildman–Crippen MR) is 42.1 cm³/mol. The number of hydrogen-bond acceptors (Lipinski definition) is 1. The fourth-order valence-corrected chi connectivity index (χ4v) is 1.02. The second-order valence-corrected chi connectivity index (χ2v) is 3.11. The molecule has 0 amide bonds. The lowest BCUT2D eigenvalue weighted by molar-refractivity contribution is -0.0442. The van der Waals surface area contributed by atoms with Crippen LogP contribution in [-0.4, -0.2) is 10.5 Å². The first-order valence-corrected chi connectivity index (χ1v) is 3.90. The highest BCUT2D eigenvalue weighted by Gasteiger charge is 2.38. The summed E-state index contributed by atoms with van der Waals surface area (Å²) in [6, 6.07) is 1.85. The van der Waals surface area contributed by atoms with Crippen molar-refractivity contribution in [3.05, 3.63) is 35.4 Å². The van der Waals surface area contributed by atoms with Crippen LogP contribution in [0.1, 0.15) is 11.7 Å². The second kappa shape index (κ2) is 3.74. The summed E-state index contributed by atoms with van der Waals surface area (Å²) in [5.41, 5.74) is -0.870. The fraction of sp³-hybridized carbons (Fsp3) is 0.250. The summed E-state index contributed by atoms with van der Waals surface area (Å²) in [7, 11) is 0. The van der Waals surface area contributed by atoms with Crippen molar-refractivity contribution in [2.45, 2.75) is 11.5 Å². The first kappa shape index (κ1) is 11.3.